The van der Waals surface area contributed by atoms with Crippen molar-refractivity contribution in [1.29, 1.82) is 0 Å². The number of alkyl carbamates (subject to hydrolysis) is 1. The molecule has 16 heteroatoms. The molecule has 1 aliphatic heterocycles. The van der Waals surface area contributed by atoms with Crippen molar-refractivity contribution in [3.8, 4) is 0 Å². The van der Waals surface area contributed by atoms with Crippen molar-refractivity contribution in [3.63, 3.8) is 0 Å². The Morgan fingerprint density at radius 1 is 1.13 bits per heavy atom. The lowest BCUT2D eigenvalue weighted by Crippen LogP contribution is -2.60. The second-order valence-corrected chi connectivity index (χ2v) is 14.5. The zero-order valence-electron chi connectivity index (χ0n) is 26.5. The largest absolute Gasteiger partial charge is 0.481 e. The molecule has 4 atom stereocenters. The molecule has 1 saturated heterocycles. The fourth-order valence-corrected chi connectivity index (χ4v) is 5.16. The third-order valence-corrected chi connectivity index (χ3v) is 8.81. The number of nitrogens with zero attached hydrogens (tertiary/aromatic N) is 2. The lowest BCUT2D eigenvalue weighted by molar-refractivity contribution is -0.145. The molecule has 4 N–H and O–H groups in total. The smallest absolute Gasteiger partial charge is 0.408 e. The van der Waals surface area contributed by atoms with Gasteiger partial charge in [0.1, 0.15) is 29.1 Å². The van der Waals surface area contributed by atoms with Crippen molar-refractivity contribution in [1.82, 2.24) is 20.9 Å². The maximum Gasteiger partial charge on any atom is 0.408 e. The summed E-state index contributed by atoms with van der Waals surface area (Å²) in [5.41, 5.74) is -0.220. The Labute approximate surface area is 273 Å². The van der Waals surface area contributed by atoms with E-state index in [0.717, 1.165) is 6.26 Å². The summed E-state index contributed by atoms with van der Waals surface area (Å²) in [6, 6.07) is 4.18. The highest BCUT2D eigenvalue weighted by Gasteiger charge is 2.43. The summed E-state index contributed by atoms with van der Waals surface area (Å²) in [6.45, 7) is 5.15. The highest BCUT2D eigenvalue weighted by molar-refractivity contribution is 7.96. The monoisotopic (exact) mass is 683 g/mol. The summed E-state index contributed by atoms with van der Waals surface area (Å²) >= 11 is 5.93. The number of carboxylic acids is 1. The number of rotatable bonds is 14. The molecule has 1 aromatic rings. The zero-order chi connectivity index (χ0) is 34.7. The van der Waals surface area contributed by atoms with Crippen LogP contribution in [0.3, 0.4) is 0 Å². The van der Waals surface area contributed by atoms with Crippen LogP contribution in [0.5, 0.6) is 0 Å². The second-order valence-electron chi connectivity index (χ2n) is 11.9. The van der Waals surface area contributed by atoms with Crippen molar-refractivity contribution in [2.75, 3.05) is 19.8 Å². The molecule has 0 unspecified atom stereocenters. The molecule has 1 fully saturated rings. The average molecular weight is 684 g/mol. The van der Waals surface area contributed by atoms with Crippen molar-refractivity contribution >= 4 is 57.4 Å². The van der Waals surface area contributed by atoms with Crippen molar-refractivity contribution < 1.29 is 42.2 Å². The molecule has 0 aliphatic carbocycles. The minimum atomic E-state index is -3.72. The Hall–Kier alpha value is -3.98. The number of halogens is 1. The highest BCUT2D eigenvalue weighted by atomic mass is 35.5. The molecular formula is C30H42ClN5O9S. The van der Waals surface area contributed by atoms with Gasteiger partial charge in [0.25, 0.3) is 0 Å². The van der Waals surface area contributed by atoms with Crippen LogP contribution in [0, 0.1) is 5.41 Å². The minimum Gasteiger partial charge on any atom is -0.481 e. The third-order valence-electron chi connectivity index (χ3n) is 6.99. The normalized spacial score (nSPS) is 17.6. The van der Waals surface area contributed by atoms with E-state index < -0.39 is 80.0 Å². The molecule has 1 aliphatic rings. The van der Waals surface area contributed by atoms with Gasteiger partial charge in [-0.2, -0.15) is 0 Å². The van der Waals surface area contributed by atoms with Gasteiger partial charge in [0.05, 0.1) is 12.5 Å². The first-order chi connectivity index (χ1) is 21.4. The zero-order valence-corrected chi connectivity index (χ0v) is 28.1. The Morgan fingerprint density at radius 2 is 1.78 bits per heavy atom. The lowest BCUT2D eigenvalue weighted by Gasteiger charge is -2.36. The maximum absolute atomic E-state index is 13.9. The standard InChI is InChI=1S/C30H42ClN5O9S/c1-30(2,3)25(35-26(39)21(17-24(37)38)34-29(42)45-18-19-10-7-6-8-11-19)28(41)36-15-9-12-22(36)27(40)33-20(13-14-32-4)16-23(31)46(5,43)44/h6-8,10-11,14,16,20-22,25H,9,12-13,15,17-18H2,1-5H3,(H,33,40)(H,34,42)(H,35,39)(H,37,38)/b23-16+,32-14+/t20-,21-,22+,25-/m0/s1. The van der Waals surface area contributed by atoms with E-state index in [0.29, 0.717) is 18.4 Å². The Morgan fingerprint density at radius 3 is 2.35 bits per heavy atom. The van der Waals surface area contributed by atoms with Gasteiger partial charge in [-0.3, -0.25) is 19.2 Å². The fraction of sp³-hybridized carbons (Fsp3) is 0.533. The SMILES string of the molecule is C/N=C/C[C@@H](/C=C(\Cl)S(C)(=O)=O)NC(=O)[C@H]1CCCN1C(=O)[C@H](NC(=O)[C@H](CC(=O)O)NC(=O)OCc1ccccc1)C(C)(C)C. The quantitative estimate of drug-likeness (QED) is 0.212. The average Bonchev–Trinajstić information content (AvgIpc) is 3.46. The molecular weight excluding hydrogens is 642 g/mol. The molecule has 0 saturated carbocycles. The lowest BCUT2D eigenvalue weighted by atomic mass is 9.85. The summed E-state index contributed by atoms with van der Waals surface area (Å²) in [4.78, 5) is 69.8. The van der Waals surface area contributed by atoms with E-state index in [1.54, 1.807) is 51.1 Å². The number of hydrogen-bond donors (Lipinski definition) is 4. The van der Waals surface area contributed by atoms with Crippen LogP contribution < -0.4 is 16.0 Å². The Kier molecular flexibility index (Phi) is 14.2. The number of benzene rings is 1. The molecule has 4 amide bonds. The molecule has 46 heavy (non-hydrogen) atoms. The minimum absolute atomic E-state index is 0.113. The number of carbonyl (C=O) groups excluding carboxylic acids is 4. The summed E-state index contributed by atoms with van der Waals surface area (Å²) in [6.07, 6.45) is 2.72. The summed E-state index contributed by atoms with van der Waals surface area (Å²) < 4.78 is 28.4. The number of carbonyl (C=O) groups is 5. The molecule has 0 aromatic heterocycles. The van der Waals surface area contributed by atoms with Crippen LogP contribution in [0.4, 0.5) is 4.79 Å². The van der Waals surface area contributed by atoms with E-state index in [2.05, 4.69) is 20.9 Å². The van der Waals surface area contributed by atoms with Crippen LogP contribution in [-0.2, 0) is 40.4 Å². The number of sulfone groups is 1. The van der Waals surface area contributed by atoms with Gasteiger partial charge in [0.2, 0.25) is 17.7 Å². The summed E-state index contributed by atoms with van der Waals surface area (Å²) in [5, 5.41) is 17.0. The summed E-state index contributed by atoms with van der Waals surface area (Å²) in [7, 11) is -2.21. The number of nitrogens with one attached hydrogen (secondary N) is 3. The second kappa shape index (κ2) is 17.1. The first kappa shape index (κ1) is 38.2. The fourth-order valence-electron chi connectivity index (χ4n) is 4.60. The van der Waals surface area contributed by atoms with E-state index in [9.17, 15) is 37.5 Å². The Balaban J connectivity index is 2.22. The Bertz CT molecular complexity index is 1430. The molecule has 14 nitrogen and oxygen atoms in total. The van der Waals surface area contributed by atoms with Gasteiger partial charge in [0.15, 0.2) is 9.84 Å². The van der Waals surface area contributed by atoms with Gasteiger partial charge in [-0.25, -0.2) is 13.2 Å². The molecule has 0 bridgehead atoms. The molecule has 0 spiro atoms. The predicted octanol–water partition coefficient (Wildman–Crippen LogP) is 1.98. The van der Waals surface area contributed by atoms with Gasteiger partial charge in [0, 0.05) is 32.5 Å². The topological polar surface area (TPSA) is 201 Å². The van der Waals surface area contributed by atoms with Gasteiger partial charge < -0.3 is 35.7 Å². The number of amides is 4. The molecule has 0 radical (unpaired) electrons. The molecule has 254 valence electrons. The highest BCUT2D eigenvalue weighted by Crippen LogP contribution is 2.26. The van der Waals surface area contributed by atoms with Crippen LogP contribution in [-0.4, -0.2) is 98.4 Å². The van der Waals surface area contributed by atoms with Gasteiger partial charge in [-0.05, 0) is 29.9 Å². The maximum atomic E-state index is 13.9. The number of ether oxygens (including phenoxy) is 1. The van der Waals surface area contributed by atoms with Gasteiger partial charge in [-0.15, -0.1) is 0 Å². The van der Waals surface area contributed by atoms with E-state index in [1.807, 2.05) is 0 Å². The number of aliphatic carboxylic acids is 1. The van der Waals surface area contributed by atoms with Crippen LogP contribution >= 0.6 is 11.6 Å². The number of likely N-dealkylation sites (tertiary alicyclic amines) is 1. The summed E-state index contributed by atoms with van der Waals surface area (Å²) in [5.74, 6) is -3.44. The van der Waals surface area contributed by atoms with Crippen LogP contribution in [0.1, 0.15) is 52.0 Å². The van der Waals surface area contributed by atoms with Crippen molar-refractivity contribution in [2.24, 2.45) is 10.4 Å². The molecule has 1 aromatic carbocycles. The van der Waals surface area contributed by atoms with Crippen LogP contribution in [0.25, 0.3) is 0 Å². The first-order valence-corrected chi connectivity index (χ1v) is 16.8. The predicted molar refractivity (Wildman–Crippen MR) is 172 cm³/mol. The van der Waals surface area contributed by atoms with E-state index >= 15 is 0 Å². The molecule has 1 heterocycles. The van der Waals surface area contributed by atoms with Crippen molar-refractivity contribution in [3.05, 3.63) is 46.3 Å². The van der Waals surface area contributed by atoms with Crippen LogP contribution in [0.2, 0.25) is 0 Å². The van der Waals surface area contributed by atoms with Gasteiger partial charge >= 0.3 is 12.1 Å². The number of hydrogen-bond acceptors (Lipinski definition) is 9. The van der Waals surface area contributed by atoms with Crippen LogP contribution in [0.15, 0.2) is 45.8 Å². The van der Waals surface area contributed by atoms with Crippen molar-refractivity contribution in [2.45, 2.75) is 77.2 Å². The van der Waals surface area contributed by atoms with E-state index in [1.165, 1.54) is 24.2 Å². The van der Waals surface area contributed by atoms with E-state index in [4.69, 9.17) is 16.3 Å². The number of aliphatic imine (C=N–C) groups is 1. The third kappa shape index (κ3) is 12.1. The number of carboxylic acid groups (broad SMARTS) is 1. The molecule has 2 rings (SSSR count). The first-order valence-electron chi connectivity index (χ1n) is 14.5. The van der Waals surface area contributed by atoms with E-state index in [-0.39, 0.29) is 19.6 Å². The van der Waals surface area contributed by atoms with Gasteiger partial charge in [-0.1, -0.05) is 62.7 Å².